The van der Waals surface area contributed by atoms with Crippen molar-refractivity contribution in [2.24, 2.45) is 5.92 Å². The molecule has 0 aromatic heterocycles. The quantitative estimate of drug-likeness (QED) is 0.672. The van der Waals surface area contributed by atoms with Crippen molar-refractivity contribution < 1.29 is 4.39 Å². The van der Waals surface area contributed by atoms with E-state index in [2.05, 4.69) is 25.9 Å². The van der Waals surface area contributed by atoms with Crippen LogP contribution in [0.15, 0.2) is 23.6 Å². The third-order valence-electron chi connectivity index (χ3n) is 3.07. The molecular weight excluding hydrogens is 189 g/mol. The van der Waals surface area contributed by atoms with Crippen LogP contribution in [0.1, 0.15) is 32.6 Å². The van der Waals surface area contributed by atoms with Crippen LogP contribution in [-0.2, 0) is 0 Å². The zero-order chi connectivity index (χ0) is 11.3. The Balaban J connectivity index is 2.51. The zero-order valence-electron chi connectivity index (χ0n) is 10.1. The molecule has 0 aromatic rings. The predicted molar refractivity (Wildman–Crippen MR) is 63.5 cm³/mol. The molecule has 0 saturated heterocycles. The van der Waals surface area contributed by atoms with Crippen LogP contribution in [-0.4, -0.2) is 25.5 Å². The maximum Gasteiger partial charge on any atom is 0.100 e. The Kier molecular flexibility index (Phi) is 5.03. The first-order valence-electron chi connectivity index (χ1n) is 5.83. The summed E-state index contributed by atoms with van der Waals surface area (Å²) in [4.78, 5) is 2.21. The molecule has 0 N–H and O–H groups in total. The van der Waals surface area contributed by atoms with Gasteiger partial charge >= 0.3 is 0 Å². The molecule has 0 aliphatic heterocycles. The Morgan fingerprint density at radius 1 is 1.33 bits per heavy atom. The first-order valence-corrected chi connectivity index (χ1v) is 5.83. The fourth-order valence-corrected chi connectivity index (χ4v) is 2.03. The van der Waals surface area contributed by atoms with Crippen LogP contribution in [0.25, 0.3) is 0 Å². The highest BCUT2D eigenvalue weighted by Gasteiger charge is 2.15. The average Bonchev–Trinajstić information content (AvgIpc) is 2.21. The molecule has 1 rings (SSSR count). The monoisotopic (exact) mass is 211 g/mol. The molecule has 1 atom stereocenters. The average molecular weight is 211 g/mol. The standard InChI is InChI=1S/C13H22FN/c1-4-11(9-10-15(2)3)12-5-7-13(14)8-6-12/h5,7,11H,4,6,8-10H2,1-3H3. The predicted octanol–water partition coefficient (Wildman–Crippen LogP) is 3.54. The van der Waals surface area contributed by atoms with E-state index < -0.39 is 0 Å². The van der Waals surface area contributed by atoms with Gasteiger partial charge in [-0.1, -0.05) is 18.6 Å². The molecule has 1 aliphatic rings. The van der Waals surface area contributed by atoms with Gasteiger partial charge in [-0.2, -0.15) is 0 Å². The van der Waals surface area contributed by atoms with Gasteiger partial charge in [-0.25, -0.2) is 4.39 Å². The van der Waals surface area contributed by atoms with Crippen molar-refractivity contribution in [2.45, 2.75) is 32.6 Å². The van der Waals surface area contributed by atoms with Crippen LogP contribution in [0, 0.1) is 5.92 Å². The van der Waals surface area contributed by atoms with Gasteiger partial charge in [0.2, 0.25) is 0 Å². The van der Waals surface area contributed by atoms with Crippen LogP contribution in [0.5, 0.6) is 0 Å². The number of hydrogen-bond acceptors (Lipinski definition) is 1. The van der Waals surface area contributed by atoms with Crippen LogP contribution in [0.3, 0.4) is 0 Å². The Labute approximate surface area is 92.7 Å². The van der Waals surface area contributed by atoms with E-state index >= 15 is 0 Å². The maximum absolute atomic E-state index is 12.8. The number of hydrogen-bond donors (Lipinski definition) is 0. The second-order valence-electron chi connectivity index (χ2n) is 4.55. The second-order valence-corrected chi connectivity index (χ2v) is 4.55. The number of halogens is 1. The highest BCUT2D eigenvalue weighted by Crippen LogP contribution is 2.28. The van der Waals surface area contributed by atoms with Gasteiger partial charge in [0, 0.05) is 6.42 Å². The molecule has 1 aliphatic carbocycles. The fourth-order valence-electron chi connectivity index (χ4n) is 2.03. The summed E-state index contributed by atoms with van der Waals surface area (Å²) in [6, 6.07) is 0. The molecule has 86 valence electrons. The zero-order valence-corrected chi connectivity index (χ0v) is 10.1. The molecule has 15 heavy (non-hydrogen) atoms. The largest absolute Gasteiger partial charge is 0.309 e. The van der Waals surface area contributed by atoms with Crippen LogP contribution in [0.4, 0.5) is 4.39 Å². The Bertz CT molecular complexity index is 253. The van der Waals surface area contributed by atoms with Crippen molar-refractivity contribution in [1.29, 1.82) is 0 Å². The van der Waals surface area contributed by atoms with E-state index in [9.17, 15) is 4.39 Å². The molecule has 2 heteroatoms. The molecule has 1 nitrogen and oxygen atoms in total. The fraction of sp³-hybridized carbons (Fsp3) is 0.692. The van der Waals surface area contributed by atoms with E-state index in [1.807, 2.05) is 6.08 Å². The van der Waals surface area contributed by atoms with Gasteiger partial charge in [-0.15, -0.1) is 0 Å². The third kappa shape index (κ3) is 4.17. The van der Waals surface area contributed by atoms with E-state index in [1.54, 1.807) is 6.08 Å². The van der Waals surface area contributed by atoms with E-state index in [-0.39, 0.29) is 5.83 Å². The van der Waals surface area contributed by atoms with E-state index in [1.165, 1.54) is 12.0 Å². The van der Waals surface area contributed by atoms with Crippen LogP contribution < -0.4 is 0 Å². The van der Waals surface area contributed by atoms with E-state index in [0.717, 1.165) is 19.4 Å². The minimum Gasteiger partial charge on any atom is -0.309 e. The molecule has 0 fully saturated rings. The lowest BCUT2D eigenvalue weighted by atomic mass is 9.87. The Hall–Kier alpha value is -0.630. The molecular formula is C13H22FN. The van der Waals surface area contributed by atoms with Gasteiger partial charge in [-0.3, -0.25) is 0 Å². The normalized spacial score (nSPS) is 18.7. The van der Waals surface area contributed by atoms with Crippen molar-refractivity contribution >= 4 is 0 Å². The lowest BCUT2D eigenvalue weighted by Gasteiger charge is -2.22. The number of rotatable bonds is 5. The summed E-state index contributed by atoms with van der Waals surface area (Å²) in [7, 11) is 4.20. The molecule has 1 unspecified atom stereocenters. The lowest BCUT2D eigenvalue weighted by Crippen LogP contribution is -2.18. The van der Waals surface area contributed by atoms with Crippen molar-refractivity contribution in [2.75, 3.05) is 20.6 Å². The Morgan fingerprint density at radius 3 is 2.53 bits per heavy atom. The summed E-state index contributed by atoms with van der Waals surface area (Å²) < 4.78 is 12.8. The van der Waals surface area contributed by atoms with Crippen molar-refractivity contribution in [3.63, 3.8) is 0 Å². The summed E-state index contributed by atoms with van der Waals surface area (Å²) >= 11 is 0. The van der Waals surface area contributed by atoms with Gasteiger partial charge in [0.1, 0.15) is 5.83 Å². The summed E-state index contributed by atoms with van der Waals surface area (Å²) in [5, 5.41) is 0. The minimum absolute atomic E-state index is 0.0289. The minimum atomic E-state index is 0.0289. The molecule has 0 spiro atoms. The SMILES string of the molecule is CCC(CCN(C)C)C1=CC=C(F)CC1. The van der Waals surface area contributed by atoms with Crippen molar-refractivity contribution in [3.05, 3.63) is 23.6 Å². The van der Waals surface area contributed by atoms with Gasteiger partial charge in [0.25, 0.3) is 0 Å². The summed E-state index contributed by atoms with van der Waals surface area (Å²) in [6.45, 7) is 3.33. The van der Waals surface area contributed by atoms with Crippen LogP contribution >= 0.6 is 0 Å². The molecule has 0 bridgehead atoms. The smallest absolute Gasteiger partial charge is 0.100 e. The maximum atomic E-state index is 12.8. The molecule has 0 aromatic carbocycles. The summed E-state index contributed by atoms with van der Waals surface area (Å²) in [5.74, 6) is 0.665. The molecule has 0 amide bonds. The first kappa shape index (κ1) is 12.4. The molecule has 0 saturated carbocycles. The second kappa shape index (κ2) is 6.06. The molecule has 0 radical (unpaired) electrons. The van der Waals surface area contributed by atoms with E-state index in [0.29, 0.717) is 12.3 Å². The number of nitrogens with zero attached hydrogens (tertiary/aromatic N) is 1. The highest BCUT2D eigenvalue weighted by molar-refractivity contribution is 5.22. The van der Waals surface area contributed by atoms with Gasteiger partial charge in [0.05, 0.1) is 0 Å². The lowest BCUT2D eigenvalue weighted by molar-refractivity contribution is 0.359. The van der Waals surface area contributed by atoms with E-state index in [4.69, 9.17) is 0 Å². The number of allylic oxidation sites excluding steroid dienone is 4. The Morgan fingerprint density at radius 2 is 2.07 bits per heavy atom. The van der Waals surface area contributed by atoms with Crippen molar-refractivity contribution in [1.82, 2.24) is 4.90 Å². The van der Waals surface area contributed by atoms with Gasteiger partial charge < -0.3 is 4.90 Å². The summed E-state index contributed by atoms with van der Waals surface area (Å²) in [5.41, 5.74) is 1.43. The first-order chi connectivity index (χ1) is 7.13. The summed E-state index contributed by atoms with van der Waals surface area (Å²) in [6.07, 6.45) is 7.48. The highest BCUT2D eigenvalue weighted by atomic mass is 19.1. The van der Waals surface area contributed by atoms with Gasteiger partial charge in [0.15, 0.2) is 0 Å². The van der Waals surface area contributed by atoms with Crippen LogP contribution in [0.2, 0.25) is 0 Å². The molecule has 0 heterocycles. The third-order valence-corrected chi connectivity index (χ3v) is 3.07. The topological polar surface area (TPSA) is 3.24 Å². The van der Waals surface area contributed by atoms with Crippen molar-refractivity contribution in [3.8, 4) is 0 Å². The van der Waals surface area contributed by atoms with Gasteiger partial charge in [-0.05, 0) is 51.9 Å².